The Hall–Kier alpha value is -0.990. The van der Waals surface area contributed by atoms with Gasteiger partial charge in [-0.3, -0.25) is 18.6 Å². The Kier molecular flexibility index (Phi) is 43.8. The number of hydrogen-bond acceptors (Lipinski definition) is 8. The topological polar surface area (TPSA) is 134 Å². The molecule has 0 aromatic rings. The van der Waals surface area contributed by atoms with Gasteiger partial charge in [0.05, 0.1) is 13.2 Å². The van der Waals surface area contributed by atoms with Crippen LogP contribution < -0.4 is 5.73 Å². The highest BCUT2D eigenvalue weighted by Gasteiger charge is 2.26. The van der Waals surface area contributed by atoms with Gasteiger partial charge in [-0.05, 0) is 12.8 Å². The summed E-state index contributed by atoms with van der Waals surface area (Å²) in [7, 11) is -4.37. The fraction of sp³-hybridized carbons (Fsp3) is 0.957. The Balaban J connectivity index is 3.99. The molecule has 0 radical (unpaired) electrons. The van der Waals surface area contributed by atoms with E-state index >= 15 is 0 Å². The second-order valence-electron chi connectivity index (χ2n) is 16.7. The highest BCUT2D eigenvalue weighted by molar-refractivity contribution is 7.47. The second-order valence-corrected chi connectivity index (χ2v) is 18.2. The zero-order valence-electron chi connectivity index (χ0n) is 37.6. The van der Waals surface area contributed by atoms with Crippen LogP contribution in [-0.4, -0.2) is 49.3 Å². The first-order chi connectivity index (χ1) is 27.8. The van der Waals surface area contributed by atoms with Crippen LogP contribution in [-0.2, 0) is 32.7 Å². The van der Waals surface area contributed by atoms with Crippen LogP contribution in [0.2, 0.25) is 0 Å². The average molecular weight is 832 g/mol. The molecular formula is C47H94NO8P. The van der Waals surface area contributed by atoms with E-state index in [2.05, 4.69) is 13.8 Å². The van der Waals surface area contributed by atoms with E-state index in [1.807, 2.05) is 0 Å². The van der Waals surface area contributed by atoms with E-state index in [0.29, 0.717) is 6.42 Å². The van der Waals surface area contributed by atoms with Gasteiger partial charge in [-0.1, -0.05) is 232 Å². The van der Waals surface area contributed by atoms with Gasteiger partial charge in [0.25, 0.3) is 0 Å². The summed E-state index contributed by atoms with van der Waals surface area (Å²) in [4.78, 5) is 35.0. The van der Waals surface area contributed by atoms with Crippen molar-refractivity contribution in [1.82, 2.24) is 0 Å². The Bertz CT molecular complexity index is 907. The molecule has 3 N–H and O–H groups in total. The standard InChI is InChI=1S/C47H94NO8P/c1-3-5-7-9-11-13-15-17-19-20-21-22-23-24-25-26-28-30-32-34-36-38-40-47(50)56-45(44-55-57(51,52)54-42-41-48)43-53-46(49)39-37-35-33-31-29-27-18-16-14-12-10-8-6-4-2/h45H,3-44,48H2,1-2H3,(H,51,52). The smallest absolute Gasteiger partial charge is 0.462 e. The van der Waals surface area contributed by atoms with Crippen molar-refractivity contribution in [3.8, 4) is 0 Å². The van der Waals surface area contributed by atoms with Crippen molar-refractivity contribution in [3.63, 3.8) is 0 Å². The zero-order chi connectivity index (χ0) is 41.8. The maximum absolute atomic E-state index is 12.6. The largest absolute Gasteiger partial charge is 0.472 e. The van der Waals surface area contributed by atoms with Crippen LogP contribution in [0.3, 0.4) is 0 Å². The third-order valence-electron chi connectivity index (χ3n) is 11.0. The van der Waals surface area contributed by atoms with E-state index < -0.39 is 26.5 Å². The first-order valence-electron chi connectivity index (χ1n) is 24.5. The summed E-state index contributed by atoms with van der Waals surface area (Å²) in [6.07, 6.45) is 45.7. The van der Waals surface area contributed by atoms with Crippen molar-refractivity contribution in [2.45, 2.75) is 264 Å². The number of phosphoric acid groups is 1. The number of phosphoric ester groups is 1. The molecule has 0 aromatic carbocycles. The maximum Gasteiger partial charge on any atom is 0.472 e. The fourth-order valence-corrected chi connectivity index (χ4v) is 8.11. The Morgan fingerprint density at radius 1 is 0.456 bits per heavy atom. The molecule has 9 nitrogen and oxygen atoms in total. The summed E-state index contributed by atoms with van der Waals surface area (Å²) in [6, 6.07) is 0. The number of unbranched alkanes of at least 4 members (excludes halogenated alkanes) is 34. The normalized spacial score (nSPS) is 13.1. The van der Waals surface area contributed by atoms with Crippen molar-refractivity contribution in [2.24, 2.45) is 5.73 Å². The first-order valence-corrected chi connectivity index (χ1v) is 26.0. The fourth-order valence-electron chi connectivity index (χ4n) is 7.34. The Labute approximate surface area is 352 Å². The number of esters is 2. The molecule has 10 heteroatoms. The average Bonchev–Trinajstić information content (AvgIpc) is 3.20. The van der Waals surface area contributed by atoms with E-state index in [0.717, 1.165) is 32.1 Å². The van der Waals surface area contributed by atoms with Crippen LogP contribution in [0.1, 0.15) is 258 Å². The van der Waals surface area contributed by atoms with E-state index in [1.54, 1.807) is 0 Å². The molecule has 0 aliphatic carbocycles. The third kappa shape index (κ3) is 44.4. The van der Waals surface area contributed by atoms with Gasteiger partial charge in [-0.2, -0.15) is 0 Å². The molecule has 0 spiro atoms. The quantitative estimate of drug-likeness (QED) is 0.0349. The van der Waals surface area contributed by atoms with E-state index in [-0.39, 0.29) is 38.6 Å². The van der Waals surface area contributed by atoms with Gasteiger partial charge in [-0.15, -0.1) is 0 Å². The summed E-state index contributed by atoms with van der Waals surface area (Å²) in [5.74, 6) is -0.809. The molecule has 0 aliphatic rings. The third-order valence-corrected chi connectivity index (χ3v) is 12.0. The summed E-state index contributed by atoms with van der Waals surface area (Å²) in [5, 5.41) is 0. The van der Waals surface area contributed by atoms with Gasteiger partial charge in [0, 0.05) is 19.4 Å². The number of carbonyl (C=O) groups excluding carboxylic acids is 2. The van der Waals surface area contributed by atoms with Gasteiger partial charge in [0.15, 0.2) is 6.10 Å². The molecule has 0 saturated carbocycles. The second kappa shape index (κ2) is 44.6. The van der Waals surface area contributed by atoms with Gasteiger partial charge < -0.3 is 20.1 Å². The van der Waals surface area contributed by atoms with Gasteiger partial charge in [-0.25, -0.2) is 4.57 Å². The number of hydrogen-bond donors (Lipinski definition) is 2. The van der Waals surface area contributed by atoms with Gasteiger partial charge in [0.2, 0.25) is 0 Å². The summed E-state index contributed by atoms with van der Waals surface area (Å²) in [5.41, 5.74) is 5.36. The van der Waals surface area contributed by atoms with Crippen LogP contribution in [0.4, 0.5) is 0 Å². The molecule has 2 unspecified atom stereocenters. The predicted octanol–water partition coefficient (Wildman–Crippen LogP) is 14.4. The molecule has 0 rings (SSSR count). The molecule has 0 fully saturated rings. The lowest BCUT2D eigenvalue weighted by atomic mass is 10.0. The highest BCUT2D eigenvalue weighted by Crippen LogP contribution is 2.43. The summed E-state index contributed by atoms with van der Waals surface area (Å²) >= 11 is 0. The lowest BCUT2D eigenvalue weighted by Gasteiger charge is -2.19. The van der Waals surface area contributed by atoms with Crippen LogP contribution >= 0.6 is 7.82 Å². The van der Waals surface area contributed by atoms with E-state index in [4.69, 9.17) is 24.3 Å². The lowest BCUT2D eigenvalue weighted by molar-refractivity contribution is -0.161. The van der Waals surface area contributed by atoms with Crippen molar-refractivity contribution in [1.29, 1.82) is 0 Å². The molecule has 0 bridgehead atoms. The lowest BCUT2D eigenvalue weighted by Crippen LogP contribution is -2.29. The van der Waals surface area contributed by atoms with Crippen molar-refractivity contribution in [2.75, 3.05) is 26.4 Å². The predicted molar refractivity (Wildman–Crippen MR) is 238 cm³/mol. The molecule has 0 saturated heterocycles. The van der Waals surface area contributed by atoms with Crippen LogP contribution in [0.5, 0.6) is 0 Å². The van der Waals surface area contributed by atoms with Crippen LogP contribution in [0, 0.1) is 0 Å². The Morgan fingerprint density at radius 3 is 1.07 bits per heavy atom. The SMILES string of the molecule is CCCCCCCCCCCCCCCCCCCCCCCCC(=O)OC(COC(=O)CCCCCCCCCCCCCCCC)COP(=O)(O)OCCN. The number of nitrogens with two attached hydrogens (primary N) is 1. The molecule has 0 aliphatic heterocycles. The molecule has 0 aromatic heterocycles. The van der Waals surface area contributed by atoms with Gasteiger partial charge >= 0.3 is 19.8 Å². The molecular weight excluding hydrogens is 737 g/mol. The minimum Gasteiger partial charge on any atom is -0.462 e. The van der Waals surface area contributed by atoms with Crippen LogP contribution in [0.25, 0.3) is 0 Å². The summed E-state index contributed by atoms with van der Waals surface area (Å²) in [6.45, 7) is 3.79. The van der Waals surface area contributed by atoms with Crippen molar-refractivity contribution < 1.29 is 37.6 Å². The molecule has 57 heavy (non-hydrogen) atoms. The summed E-state index contributed by atoms with van der Waals surface area (Å²) < 4.78 is 32.9. The number of ether oxygens (including phenoxy) is 2. The number of rotatable bonds is 47. The van der Waals surface area contributed by atoms with Crippen LogP contribution in [0.15, 0.2) is 0 Å². The molecule has 340 valence electrons. The minimum absolute atomic E-state index is 0.0583. The van der Waals surface area contributed by atoms with Crippen molar-refractivity contribution >= 4 is 19.8 Å². The monoisotopic (exact) mass is 832 g/mol. The van der Waals surface area contributed by atoms with Gasteiger partial charge in [0.1, 0.15) is 6.61 Å². The minimum atomic E-state index is -4.37. The molecule has 0 amide bonds. The molecule has 2 atom stereocenters. The highest BCUT2D eigenvalue weighted by atomic mass is 31.2. The number of carbonyl (C=O) groups is 2. The van der Waals surface area contributed by atoms with E-state index in [9.17, 15) is 19.0 Å². The van der Waals surface area contributed by atoms with E-state index in [1.165, 1.54) is 193 Å². The first kappa shape index (κ1) is 56.0. The molecule has 0 heterocycles. The van der Waals surface area contributed by atoms with Crippen molar-refractivity contribution in [3.05, 3.63) is 0 Å². The Morgan fingerprint density at radius 2 is 0.754 bits per heavy atom. The maximum atomic E-state index is 12.6. The zero-order valence-corrected chi connectivity index (χ0v) is 38.5.